The van der Waals surface area contributed by atoms with E-state index in [9.17, 15) is 8.78 Å². The first-order chi connectivity index (χ1) is 9.63. The zero-order valence-corrected chi connectivity index (χ0v) is 10.9. The fourth-order valence-electron chi connectivity index (χ4n) is 2.57. The van der Waals surface area contributed by atoms with E-state index in [1.54, 1.807) is 6.20 Å². The van der Waals surface area contributed by atoms with Crippen LogP contribution in [0.15, 0.2) is 24.4 Å². The zero-order valence-electron chi connectivity index (χ0n) is 10.9. The lowest BCUT2D eigenvalue weighted by Gasteiger charge is -2.12. The van der Waals surface area contributed by atoms with E-state index in [-0.39, 0.29) is 6.04 Å². The van der Waals surface area contributed by atoms with Crippen molar-refractivity contribution in [3.8, 4) is 11.4 Å². The van der Waals surface area contributed by atoms with Gasteiger partial charge in [0, 0.05) is 35.1 Å². The molecular formula is C15H15F2N3. The maximum atomic E-state index is 13.3. The number of rotatable bonds is 1. The highest BCUT2D eigenvalue weighted by Crippen LogP contribution is 2.27. The van der Waals surface area contributed by atoms with Crippen LogP contribution in [-0.4, -0.2) is 9.97 Å². The second-order valence-electron chi connectivity index (χ2n) is 5.11. The van der Waals surface area contributed by atoms with E-state index in [0.29, 0.717) is 11.4 Å². The molecule has 1 aliphatic carbocycles. The molecule has 0 aliphatic heterocycles. The van der Waals surface area contributed by atoms with Gasteiger partial charge in [0.25, 0.3) is 0 Å². The summed E-state index contributed by atoms with van der Waals surface area (Å²) < 4.78 is 26.5. The Morgan fingerprint density at radius 1 is 1.10 bits per heavy atom. The van der Waals surface area contributed by atoms with Gasteiger partial charge in [0.05, 0.1) is 0 Å². The first kappa shape index (κ1) is 13.1. The summed E-state index contributed by atoms with van der Waals surface area (Å²) in [6.45, 7) is 0. The average molecular weight is 275 g/mol. The number of nitrogens with two attached hydrogens (primary N) is 1. The second-order valence-corrected chi connectivity index (χ2v) is 5.11. The first-order valence-electron chi connectivity index (χ1n) is 6.71. The predicted molar refractivity (Wildman–Crippen MR) is 71.9 cm³/mol. The van der Waals surface area contributed by atoms with Crippen LogP contribution in [0, 0.1) is 11.6 Å². The molecule has 5 heteroatoms. The largest absolute Gasteiger partial charge is 0.324 e. The van der Waals surface area contributed by atoms with Crippen LogP contribution in [0.25, 0.3) is 11.4 Å². The molecule has 1 aliphatic rings. The predicted octanol–water partition coefficient (Wildman–Crippen LogP) is 3.15. The van der Waals surface area contributed by atoms with Crippen molar-refractivity contribution in [2.24, 2.45) is 5.73 Å². The first-order valence-corrected chi connectivity index (χ1v) is 6.71. The number of aryl methyl sites for hydroxylation is 1. The Bertz CT molecular complexity index is 623. The molecule has 1 heterocycles. The Kier molecular flexibility index (Phi) is 3.44. The molecule has 104 valence electrons. The Hall–Kier alpha value is -1.88. The van der Waals surface area contributed by atoms with E-state index in [1.807, 2.05) is 0 Å². The number of nitrogens with zero attached hydrogens (tertiary/aromatic N) is 2. The van der Waals surface area contributed by atoms with E-state index in [4.69, 9.17) is 5.73 Å². The average Bonchev–Trinajstić information content (AvgIpc) is 2.59. The van der Waals surface area contributed by atoms with E-state index < -0.39 is 11.6 Å². The van der Waals surface area contributed by atoms with Crippen molar-refractivity contribution in [1.29, 1.82) is 0 Å². The molecule has 0 fully saturated rings. The SMILES string of the molecule is NC1CCCCc2nc(-c3cc(F)cc(F)c3)ncc21. The molecule has 1 aromatic carbocycles. The third-order valence-electron chi connectivity index (χ3n) is 3.60. The number of aromatic nitrogens is 2. The maximum Gasteiger partial charge on any atom is 0.159 e. The van der Waals surface area contributed by atoms with Crippen LogP contribution in [0.4, 0.5) is 8.78 Å². The minimum absolute atomic E-state index is 0.0502. The van der Waals surface area contributed by atoms with Gasteiger partial charge in [-0.2, -0.15) is 0 Å². The van der Waals surface area contributed by atoms with Crippen molar-refractivity contribution in [2.45, 2.75) is 31.7 Å². The van der Waals surface area contributed by atoms with Crippen molar-refractivity contribution >= 4 is 0 Å². The lowest BCUT2D eigenvalue weighted by Crippen LogP contribution is -2.12. The third-order valence-corrected chi connectivity index (χ3v) is 3.60. The van der Waals surface area contributed by atoms with Crippen molar-refractivity contribution in [3.63, 3.8) is 0 Å². The van der Waals surface area contributed by atoms with Gasteiger partial charge in [-0.1, -0.05) is 6.42 Å². The van der Waals surface area contributed by atoms with Gasteiger partial charge in [-0.3, -0.25) is 0 Å². The summed E-state index contributed by atoms with van der Waals surface area (Å²) in [5.74, 6) is -0.915. The summed E-state index contributed by atoms with van der Waals surface area (Å²) >= 11 is 0. The molecular weight excluding hydrogens is 260 g/mol. The molecule has 2 aromatic rings. The lowest BCUT2D eigenvalue weighted by molar-refractivity contribution is 0.584. The normalized spacial score (nSPS) is 18.4. The number of hydrogen-bond acceptors (Lipinski definition) is 3. The van der Waals surface area contributed by atoms with Crippen LogP contribution < -0.4 is 5.73 Å². The third kappa shape index (κ3) is 2.54. The summed E-state index contributed by atoms with van der Waals surface area (Å²) in [4.78, 5) is 8.66. The fourth-order valence-corrected chi connectivity index (χ4v) is 2.57. The van der Waals surface area contributed by atoms with Gasteiger partial charge >= 0.3 is 0 Å². The van der Waals surface area contributed by atoms with Gasteiger partial charge in [0.1, 0.15) is 11.6 Å². The molecule has 1 atom stereocenters. The van der Waals surface area contributed by atoms with Gasteiger partial charge in [0.15, 0.2) is 5.82 Å². The van der Waals surface area contributed by atoms with E-state index in [0.717, 1.165) is 43.0 Å². The van der Waals surface area contributed by atoms with Crippen molar-refractivity contribution in [1.82, 2.24) is 9.97 Å². The molecule has 0 spiro atoms. The Labute approximate surface area is 115 Å². The lowest BCUT2D eigenvalue weighted by atomic mass is 10.1. The minimum Gasteiger partial charge on any atom is -0.324 e. The monoisotopic (exact) mass is 275 g/mol. The van der Waals surface area contributed by atoms with Crippen molar-refractivity contribution in [3.05, 3.63) is 47.3 Å². The van der Waals surface area contributed by atoms with Crippen LogP contribution in [0.5, 0.6) is 0 Å². The highest BCUT2D eigenvalue weighted by atomic mass is 19.1. The van der Waals surface area contributed by atoms with Gasteiger partial charge in [-0.25, -0.2) is 18.7 Å². The van der Waals surface area contributed by atoms with E-state index >= 15 is 0 Å². The molecule has 0 saturated carbocycles. The second kappa shape index (κ2) is 5.25. The number of hydrogen-bond donors (Lipinski definition) is 1. The highest BCUT2D eigenvalue weighted by molar-refractivity contribution is 5.55. The number of fused-ring (bicyclic) bond motifs is 1. The van der Waals surface area contributed by atoms with Crippen LogP contribution in [0.3, 0.4) is 0 Å². The smallest absolute Gasteiger partial charge is 0.159 e. The standard InChI is InChI=1S/C15H15F2N3/c16-10-5-9(6-11(17)7-10)15-19-8-12-13(18)3-1-2-4-14(12)20-15/h5-8,13H,1-4,18H2. The van der Waals surface area contributed by atoms with E-state index in [1.165, 1.54) is 12.1 Å². The molecule has 0 saturated heterocycles. The molecule has 3 rings (SSSR count). The quantitative estimate of drug-likeness (QED) is 0.813. The molecule has 0 amide bonds. The van der Waals surface area contributed by atoms with Crippen LogP contribution in [-0.2, 0) is 6.42 Å². The van der Waals surface area contributed by atoms with Gasteiger partial charge < -0.3 is 5.73 Å². The molecule has 0 radical (unpaired) electrons. The molecule has 0 bridgehead atoms. The van der Waals surface area contributed by atoms with Crippen molar-refractivity contribution < 1.29 is 8.78 Å². The summed E-state index contributed by atoms with van der Waals surface area (Å²) in [7, 11) is 0. The number of halogens is 2. The van der Waals surface area contributed by atoms with Crippen LogP contribution in [0.1, 0.15) is 36.6 Å². The minimum atomic E-state index is -0.629. The van der Waals surface area contributed by atoms with Gasteiger partial charge in [-0.15, -0.1) is 0 Å². The summed E-state index contributed by atoms with van der Waals surface area (Å²) in [5, 5.41) is 0. The van der Waals surface area contributed by atoms with E-state index in [2.05, 4.69) is 9.97 Å². The molecule has 1 aromatic heterocycles. The Morgan fingerprint density at radius 2 is 1.85 bits per heavy atom. The van der Waals surface area contributed by atoms with Crippen LogP contribution in [0.2, 0.25) is 0 Å². The maximum absolute atomic E-state index is 13.3. The summed E-state index contributed by atoms with van der Waals surface area (Å²) in [5.41, 5.74) is 8.27. The molecule has 3 nitrogen and oxygen atoms in total. The summed E-state index contributed by atoms with van der Waals surface area (Å²) in [6, 6.07) is 3.26. The van der Waals surface area contributed by atoms with Crippen LogP contribution >= 0.6 is 0 Å². The zero-order chi connectivity index (χ0) is 14.1. The fraction of sp³-hybridized carbons (Fsp3) is 0.333. The highest BCUT2D eigenvalue weighted by Gasteiger charge is 2.18. The van der Waals surface area contributed by atoms with Crippen molar-refractivity contribution in [2.75, 3.05) is 0 Å². The number of benzene rings is 1. The molecule has 1 unspecified atom stereocenters. The molecule has 2 N–H and O–H groups in total. The Morgan fingerprint density at radius 3 is 2.60 bits per heavy atom. The van der Waals surface area contributed by atoms with Gasteiger partial charge in [-0.05, 0) is 31.4 Å². The van der Waals surface area contributed by atoms with Gasteiger partial charge in [0.2, 0.25) is 0 Å². The topological polar surface area (TPSA) is 51.8 Å². The molecule has 20 heavy (non-hydrogen) atoms. The summed E-state index contributed by atoms with van der Waals surface area (Å²) in [6.07, 6.45) is 5.52. The Balaban J connectivity index is 2.05.